The first-order valence-corrected chi connectivity index (χ1v) is 10.2. The number of pyridine rings is 1. The lowest BCUT2D eigenvalue weighted by atomic mass is 10.0. The molecule has 0 saturated carbocycles. The van der Waals surface area contributed by atoms with Crippen LogP contribution in [-0.4, -0.2) is 20.4 Å². The Morgan fingerprint density at radius 1 is 1.11 bits per heavy atom. The maximum Gasteiger partial charge on any atom is 0.183 e. The molecule has 3 aromatic heterocycles. The van der Waals surface area contributed by atoms with E-state index >= 15 is 0 Å². The molecule has 1 aromatic carbocycles. The van der Waals surface area contributed by atoms with Gasteiger partial charge in [0.2, 0.25) is 0 Å². The van der Waals surface area contributed by atoms with Crippen molar-refractivity contribution >= 4 is 33.7 Å². The lowest BCUT2D eigenvalue weighted by molar-refractivity contribution is 0.559. The molecule has 138 valence electrons. The van der Waals surface area contributed by atoms with E-state index in [1.165, 1.54) is 0 Å². The van der Waals surface area contributed by atoms with Crippen LogP contribution in [0.1, 0.15) is 20.8 Å². The van der Waals surface area contributed by atoms with E-state index in [0.717, 1.165) is 37.4 Å². The average molecular weight is 397 g/mol. The van der Waals surface area contributed by atoms with Gasteiger partial charge in [0.05, 0.1) is 4.88 Å². The van der Waals surface area contributed by atoms with Gasteiger partial charge in [-0.25, -0.2) is 9.97 Å². The van der Waals surface area contributed by atoms with Crippen LogP contribution < -0.4 is 5.32 Å². The monoisotopic (exact) mass is 396 g/mol. The normalized spacial score (nSPS) is 12.6. The zero-order chi connectivity index (χ0) is 19.0. The lowest BCUT2D eigenvalue weighted by Gasteiger charge is -2.16. The van der Waals surface area contributed by atoms with Crippen molar-refractivity contribution < 1.29 is 0 Å². The predicted octanol–water partition coefficient (Wildman–Crippen LogP) is 6.23. The van der Waals surface area contributed by atoms with Crippen molar-refractivity contribution in [2.24, 2.45) is 5.92 Å². The molecule has 0 fully saturated rings. The number of nitrogens with one attached hydrogen (secondary N) is 1. The number of benzene rings is 1. The number of anilines is 1. The van der Waals surface area contributed by atoms with Crippen LogP contribution in [0.3, 0.4) is 0 Å². The highest BCUT2D eigenvalue weighted by Gasteiger charge is 2.14. The van der Waals surface area contributed by atoms with Crippen LogP contribution in [0.2, 0.25) is 5.02 Å². The molecule has 1 N–H and O–H groups in total. The highest BCUT2D eigenvalue weighted by atomic mass is 35.5. The number of hydrogen-bond acceptors (Lipinski definition) is 4. The van der Waals surface area contributed by atoms with Gasteiger partial charge in [0.15, 0.2) is 5.13 Å². The second kappa shape index (κ2) is 7.33. The molecule has 0 radical (unpaired) electrons. The molecule has 1 atom stereocenters. The summed E-state index contributed by atoms with van der Waals surface area (Å²) in [6.45, 7) is 6.59. The highest BCUT2D eigenvalue weighted by molar-refractivity contribution is 7.18. The van der Waals surface area contributed by atoms with E-state index in [9.17, 15) is 0 Å². The summed E-state index contributed by atoms with van der Waals surface area (Å²) in [5, 5.41) is 5.15. The maximum absolute atomic E-state index is 6.46. The van der Waals surface area contributed by atoms with Crippen molar-refractivity contribution in [3.05, 3.63) is 60.1 Å². The van der Waals surface area contributed by atoms with Crippen molar-refractivity contribution in [3.63, 3.8) is 0 Å². The van der Waals surface area contributed by atoms with Crippen LogP contribution in [0, 0.1) is 5.92 Å². The fourth-order valence-electron chi connectivity index (χ4n) is 2.88. The summed E-state index contributed by atoms with van der Waals surface area (Å²) in [4.78, 5) is 10.2. The molecule has 27 heavy (non-hydrogen) atoms. The van der Waals surface area contributed by atoms with Crippen molar-refractivity contribution in [3.8, 4) is 21.6 Å². The van der Waals surface area contributed by atoms with Gasteiger partial charge in [-0.3, -0.25) is 0 Å². The Morgan fingerprint density at radius 2 is 1.93 bits per heavy atom. The molecule has 0 spiro atoms. The largest absolute Gasteiger partial charge is 0.359 e. The van der Waals surface area contributed by atoms with Gasteiger partial charge >= 0.3 is 0 Å². The summed E-state index contributed by atoms with van der Waals surface area (Å²) in [7, 11) is 0. The quantitative estimate of drug-likeness (QED) is 0.434. The Bertz CT molecular complexity index is 1080. The molecule has 0 bridgehead atoms. The van der Waals surface area contributed by atoms with Crippen molar-refractivity contribution in [1.82, 2.24) is 14.4 Å². The van der Waals surface area contributed by atoms with Crippen LogP contribution in [0.5, 0.6) is 0 Å². The number of nitrogens with zero attached hydrogens (tertiary/aromatic N) is 3. The van der Waals surface area contributed by atoms with E-state index in [4.69, 9.17) is 11.6 Å². The van der Waals surface area contributed by atoms with Crippen LogP contribution in [-0.2, 0) is 0 Å². The molecule has 4 aromatic rings. The second-order valence-electron chi connectivity index (χ2n) is 6.99. The van der Waals surface area contributed by atoms with Gasteiger partial charge in [-0.1, -0.05) is 55.0 Å². The third kappa shape index (κ3) is 3.57. The first-order valence-electron chi connectivity index (χ1n) is 8.97. The fraction of sp³-hybridized carbons (Fsp3) is 0.238. The average Bonchev–Trinajstić information content (AvgIpc) is 3.30. The zero-order valence-corrected chi connectivity index (χ0v) is 17.1. The summed E-state index contributed by atoms with van der Waals surface area (Å²) in [6.07, 6.45) is 7.78. The van der Waals surface area contributed by atoms with Gasteiger partial charge in [0, 0.05) is 52.5 Å². The Balaban J connectivity index is 1.78. The number of thiazole rings is 1. The van der Waals surface area contributed by atoms with Crippen molar-refractivity contribution in [2.45, 2.75) is 26.8 Å². The standard InChI is InChI=1S/C21H21ClN4S/c1-13(2)14(3)25-21-24-11-19(27-21)15-10-17(16-6-4-5-7-18(16)22)20-23-8-9-26(20)12-15/h4-14H,1-3H3,(H,24,25). The predicted molar refractivity (Wildman–Crippen MR) is 115 cm³/mol. The minimum Gasteiger partial charge on any atom is -0.359 e. The molecular formula is C21H21ClN4S. The molecule has 6 heteroatoms. The van der Waals surface area contributed by atoms with E-state index < -0.39 is 0 Å². The maximum atomic E-state index is 6.46. The van der Waals surface area contributed by atoms with Crippen LogP contribution >= 0.6 is 22.9 Å². The molecule has 0 aliphatic carbocycles. The van der Waals surface area contributed by atoms with Gasteiger partial charge < -0.3 is 9.72 Å². The van der Waals surface area contributed by atoms with E-state index in [-0.39, 0.29) is 0 Å². The summed E-state index contributed by atoms with van der Waals surface area (Å²) >= 11 is 8.12. The molecule has 0 aliphatic heterocycles. The summed E-state index contributed by atoms with van der Waals surface area (Å²) < 4.78 is 2.04. The minimum atomic E-state index is 0.374. The fourth-order valence-corrected chi connectivity index (χ4v) is 4.01. The van der Waals surface area contributed by atoms with E-state index in [2.05, 4.69) is 48.3 Å². The summed E-state index contributed by atoms with van der Waals surface area (Å²) in [5.74, 6) is 0.548. The van der Waals surface area contributed by atoms with E-state index in [1.54, 1.807) is 11.3 Å². The van der Waals surface area contributed by atoms with E-state index in [0.29, 0.717) is 12.0 Å². The third-order valence-corrected chi connectivity index (χ3v) is 6.10. The minimum absolute atomic E-state index is 0.374. The molecule has 4 nitrogen and oxygen atoms in total. The molecule has 0 saturated heterocycles. The molecule has 4 rings (SSSR count). The van der Waals surface area contributed by atoms with Crippen LogP contribution in [0.15, 0.2) is 55.1 Å². The van der Waals surface area contributed by atoms with Gasteiger partial charge in [0.25, 0.3) is 0 Å². The number of halogens is 1. The number of fused-ring (bicyclic) bond motifs is 1. The lowest BCUT2D eigenvalue weighted by Crippen LogP contribution is -2.21. The Labute approximate surface area is 167 Å². The molecule has 0 aliphatic rings. The first-order chi connectivity index (χ1) is 13.0. The number of hydrogen-bond donors (Lipinski definition) is 1. The van der Waals surface area contributed by atoms with Crippen molar-refractivity contribution in [1.29, 1.82) is 0 Å². The molecule has 1 unspecified atom stereocenters. The van der Waals surface area contributed by atoms with Crippen LogP contribution in [0.4, 0.5) is 5.13 Å². The number of imidazole rings is 1. The number of aromatic nitrogens is 3. The topological polar surface area (TPSA) is 42.2 Å². The first kappa shape index (κ1) is 18.0. The molecular weight excluding hydrogens is 376 g/mol. The highest BCUT2D eigenvalue weighted by Crippen LogP contribution is 2.36. The van der Waals surface area contributed by atoms with Gasteiger partial charge in [-0.05, 0) is 25.0 Å². The van der Waals surface area contributed by atoms with Crippen LogP contribution in [0.25, 0.3) is 27.2 Å². The van der Waals surface area contributed by atoms with Crippen molar-refractivity contribution in [2.75, 3.05) is 5.32 Å². The third-order valence-electron chi connectivity index (χ3n) is 4.79. The Kier molecular flexibility index (Phi) is 4.89. The van der Waals surface area contributed by atoms with Gasteiger partial charge in [0.1, 0.15) is 5.65 Å². The Morgan fingerprint density at radius 3 is 2.70 bits per heavy atom. The SMILES string of the molecule is CC(C)C(C)Nc1ncc(-c2cc(-c3ccccc3Cl)c3nccn3c2)s1. The zero-order valence-electron chi connectivity index (χ0n) is 15.5. The smallest absolute Gasteiger partial charge is 0.183 e. The Hall–Kier alpha value is -2.37. The van der Waals surface area contributed by atoms with E-state index in [1.807, 2.05) is 47.3 Å². The van der Waals surface area contributed by atoms with Gasteiger partial charge in [-0.2, -0.15) is 0 Å². The molecule has 3 heterocycles. The summed E-state index contributed by atoms with van der Waals surface area (Å²) in [6, 6.07) is 10.4. The summed E-state index contributed by atoms with van der Waals surface area (Å²) in [5.41, 5.74) is 3.98. The number of rotatable bonds is 5. The van der Waals surface area contributed by atoms with Gasteiger partial charge in [-0.15, -0.1) is 0 Å². The molecule has 0 amide bonds. The second-order valence-corrected chi connectivity index (χ2v) is 8.42.